The number of hydrogen-bond acceptors (Lipinski definition) is 1. The van der Waals surface area contributed by atoms with Gasteiger partial charge in [0.2, 0.25) is 0 Å². The van der Waals surface area contributed by atoms with Crippen LogP contribution in [0.1, 0.15) is 6.92 Å². The Morgan fingerprint density at radius 2 is 2.60 bits per heavy atom. The average Bonchev–Trinajstić information content (AvgIpc) is 1.41. The largest absolute Gasteiger partial charge is 0.161 e. The fourth-order valence-electron chi connectivity index (χ4n) is 0.118. The lowest BCUT2D eigenvalue weighted by molar-refractivity contribution is 1.43. The van der Waals surface area contributed by atoms with Crippen molar-refractivity contribution in [3.8, 4) is 0 Å². The van der Waals surface area contributed by atoms with E-state index in [4.69, 9.17) is 0 Å². The third kappa shape index (κ3) is 4.35. The predicted octanol–water partition coefficient (Wildman–Crippen LogP) is 1.74. The summed E-state index contributed by atoms with van der Waals surface area (Å²) in [4.78, 5) is 0. The Hall–Kier alpha value is 0.350. The Kier molecular flexibility index (Phi) is 4.65. The van der Waals surface area contributed by atoms with Crippen molar-refractivity contribution < 1.29 is 0 Å². The Morgan fingerprint density at radius 3 is 2.60 bits per heavy atom. The summed E-state index contributed by atoms with van der Waals surface area (Å²) < 4.78 is 0. The zero-order valence-corrected chi connectivity index (χ0v) is 4.22. The third-order valence-electron chi connectivity index (χ3n) is 0.285. The van der Waals surface area contributed by atoms with Gasteiger partial charge < -0.3 is 0 Å². The van der Waals surface area contributed by atoms with Crippen molar-refractivity contribution in [2.75, 3.05) is 5.75 Å². The van der Waals surface area contributed by atoms with Crippen molar-refractivity contribution in [1.29, 1.82) is 0 Å². The smallest absolute Gasteiger partial charge is 0.00236 e. The Morgan fingerprint density at radius 1 is 2.00 bits per heavy atom. The molecule has 0 aromatic heterocycles. The van der Waals surface area contributed by atoms with Gasteiger partial charge in [-0.15, -0.1) is 0 Å². The van der Waals surface area contributed by atoms with E-state index in [1.807, 2.05) is 6.92 Å². The molecule has 0 unspecified atom stereocenters. The molecule has 0 spiro atoms. The molecule has 1 heteroatoms. The van der Waals surface area contributed by atoms with Crippen molar-refractivity contribution >= 4 is 11.8 Å². The second kappa shape index (κ2) is 4.35. The minimum atomic E-state index is 1.07. The van der Waals surface area contributed by atoms with E-state index >= 15 is 0 Å². The lowest BCUT2D eigenvalue weighted by Gasteiger charge is -1.79. The highest BCUT2D eigenvalue weighted by molar-refractivity contribution is 8.00. The quantitative estimate of drug-likeness (QED) is 0.495. The Balaban J connectivity index is 2.19. The third-order valence-corrected chi connectivity index (χ3v) is 0.854. The molecule has 30 valence electrons. The van der Waals surface area contributed by atoms with Gasteiger partial charge in [-0.3, -0.25) is 0 Å². The molecule has 0 aliphatic rings. The molecule has 0 amide bonds. The zero-order chi connectivity index (χ0) is 4.12. The molecule has 0 nitrogen and oxygen atoms in total. The number of thioether (sulfide) groups is 1. The maximum Gasteiger partial charge on any atom is 0.00236 e. The highest BCUT2D eigenvalue weighted by Gasteiger charge is 1.68. The highest BCUT2D eigenvalue weighted by atomic mass is 32.2. The van der Waals surface area contributed by atoms with E-state index in [2.05, 4.69) is 12.7 Å². The van der Waals surface area contributed by atoms with Crippen LogP contribution in [0.5, 0.6) is 0 Å². The summed E-state index contributed by atoms with van der Waals surface area (Å²) in [6.07, 6.45) is 5.64. The maximum atomic E-state index is 3.56. The topological polar surface area (TPSA) is 0 Å². The first-order valence-electron chi connectivity index (χ1n) is 1.56. The van der Waals surface area contributed by atoms with Crippen LogP contribution in [-0.2, 0) is 0 Å². The summed E-state index contributed by atoms with van der Waals surface area (Å²) in [6.45, 7) is 2.03. The molecule has 0 aliphatic heterocycles. The van der Waals surface area contributed by atoms with E-state index in [0.29, 0.717) is 0 Å². The molecule has 0 heterocycles. The van der Waals surface area contributed by atoms with Gasteiger partial charge in [-0.05, 0) is 12.2 Å². The normalized spacial score (nSPS) is 8.40. The molecule has 0 saturated carbocycles. The molecular formula is C4H8S. The van der Waals surface area contributed by atoms with Crippen LogP contribution < -0.4 is 0 Å². The van der Waals surface area contributed by atoms with Gasteiger partial charge in [-0.2, -0.15) is 11.8 Å². The van der Waals surface area contributed by atoms with Gasteiger partial charge in [-0.1, -0.05) is 6.92 Å². The van der Waals surface area contributed by atoms with Gasteiger partial charge in [0.15, 0.2) is 0 Å². The van der Waals surface area contributed by atoms with E-state index in [-0.39, 0.29) is 0 Å². The Labute approximate surface area is 38.0 Å². The predicted molar refractivity (Wildman–Crippen MR) is 27.8 cm³/mol. The lowest BCUT2D eigenvalue weighted by atomic mass is 10.6. The molecular weight excluding hydrogens is 80.1 g/mol. The molecule has 0 rings (SSSR count). The van der Waals surface area contributed by atoms with Crippen molar-refractivity contribution in [3.63, 3.8) is 0 Å². The van der Waals surface area contributed by atoms with Crippen LogP contribution in [0, 0.1) is 12.7 Å². The monoisotopic (exact) mass is 88.0 g/mol. The van der Waals surface area contributed by atoms with Crippen molar-refractivity contribution in [3.05, 3.63) is 12.7 Å². The SMILES string of the molecule is [CH2]SC[CH]C. The second-order valence-electron chi connectivity index (χ2n) is 0.779. The minimum Gasteiger partial charge on any atom is -0.161 e. The maximum absolute atomic E-state index is 3.56. The number of rotatable bonds is 2. The Bertz CT molecular complexity index is 11.1. The summed E-state index contributed by atoms with van der Waals surface area (Å²) in [5.74, 6) is 1.07. The van der Waals surface area contributed by atoms with E-state index < -0.39 is 0 Å². The van der Waals surface area contributed by atoms with Crippen LogP contribution in [0.2, 0.25) is 0 Å². The summed E-state index contributed by atoms with van der Waals surface area (Å²) >= 11 is 1.60. The summed E-state index contributed by atoms with van der Waals surface area (Å²) in [5, 5.41) is 0. The first kappa shape index (κ1) is 5.35. The average molecular weight is 88.2 g/mol. The van der Waals surface area contributed by atoms with Gasteiger partial charge in [-0.25, -0.2) is 0 Å². The van der Waals surface area contributed by atoms with Crippen LogP contribution in [0.4, 0.5) is 0 Å². The summed E-state index contributed by atoms with van der Waals surface area (Å²) in [5.41, 5.74) is 0. The fourth-order valence-corrected chi connectivity index (χ4v) is 0.354. The zero-order valence-electron chi connectivity index (χ0n) is 3.40. The van der Waals surface area contributed by atoms with Gasteiger partial charge in [0.1, 0.15) is 0 Å². The first-order chi connectivity index (χ1) is 2.41. The second-order valence-corrected chi connectivity index (χ2v) is 1.52. The molecule has 2 radical (unpaired) electrons. The van der Waals surface area contributed by atoms with Crippen molar-refractivity contribution in [2.45, 2.75) is 6.92 Å². The van der Waals surface area contributed by atoms with Gasteiger partial charge in [0, 0.05) is 6.26 Å². The fraction of sp³-hybridized carbons (Fsp3) is 0.500. The van der Waals surface area contributed by atoms with E-state index in [9.17, 15) is 0 Å². The minimum absolute atomic E-state index is 1.07. The van der Waals surface area contributed by atoms with E-state index in [1.54, 1.807) is 11.8 Å². The van der Waals surface area contributed by atoms with Gasteiger partial charge in [0.25, 0.3) is 0 Å². The van der Waals surface area contributed by atoms with Crippen LogP contribution in [-0.4, -0.2) is 5.75 Å². The van der Waals surface area contributed by atoms with Crippen LogP contribution in [0.25, 0.3) is 0 Å². The molecule has 0 atom stereocenters. The van der Waals surface area contributed by atoms with Crippen LogP contribution >= 0.6 is 11.8 Å². The summed E-state index contributed by atoms with van der Waals surface area (Å²) in [6, 6.07) is 0. The first-order valence-corrected chi connectivity index (χ1v) is 2.72. The van der Waals surface area contributed by atoms with E-state index in [0.717, 1.165) is 5.75 Å². The van der Waals surface area contributed by atoms with Crippen molar-refractivity contribution in [2.24, 2.45) is 0 Å². The number of hydrogen-bond donors (Lipinski definition) is 0. The summed E-state index contributed by atoms with van der Waals surface area (Å²) in [7, 11) is 0. The van der Waals surface area contributed by atoms with Gasteiger partial charge in [0.05, 0.1) is 0 Å². The lowest BCUT2D eigenvalue weighted by Crippen LogP contribution is -1.64. The molecule has 5 heavy (non-hydrogen) atoms. The van der Waals surface area contributed by atoms with Crippen LogP contribution in [0.15, 0.2) is 0 Å². The molecule has 0 aromatic carbocycles. The van der Waals surface area contributed by atoms with Crippen LogP contribution in [0.3, 0.4) is 0 Å². The van der Waals surface area contributed by atoms with Crippen molar-refractivity contribution in [1.82, 2.24) is 0 Å². The molecule has 0 N–H and O–H groups in total. The van der Waals surface area contributed by atoms with Gasteiger partial charge >= 0.3 is 0 Å². The molecule has 0 aliphatic carbocycles. The van der Waals surface area contributed by atoms with E-state index in [1.165, 1.54) is 0 Å². The molecule has 0 saturated heterocycles. The molecule has 0 fully saturated rings. The standard InChI is InChI=1S/C4H8S/c1-3-4-5-2/h3H,2,4H2,1H3. The molecule has 0 aromatic rings. The molecule has 0 bridgehead atoms. The highest BCUT2D eigenvalue weighted by Crippen LogP contribution is 1.93.